The lowest BCUT2D eigenvalue weighted by Crippen LogP contribution is -2.42. The van der Waals surface area contributed by atoms with Gasteiger partial charge in [-0.2, -0.15) is 0 Å². The number of hydrogen-bond donors (Lipinski definition) is 1. The molecule has 2 aliphatic heterocycles. The number of rotatable bonds is 2. The van der Waals surface area contributed by atoms with Crippen LogP contribution < -0.4 is 19.7 Å². The molecule has 3 heterocycles. The lowest BCUT2D eigenvalue weighted by atomic mass is 10.1. The summed E-state index contributed by atoms with van der Waals surface area (Å²) in [5, 5.41) is 3.53. The highest BCUT2D eigenvalue weighted by molar-refractivity contribution is 7.12. The Bertz CT molecular complexity index is 1030. The number of anilines is 2. The molecule has 0 fully saturated rings. The van der Waals surface area contributed by atoms with E-state index in [9.17, 15) is 4.79 Å². The van der Waals surface area contributed by atoms with Crippen molar-refractivity contribution in [2.45, 2.75) is 13.1 Å². The van der Waals surface area contributed by atoms with E-state index >= 15 is 0 Å². The molecule has 2 aromatic carbocycles. The number of fused-ring (bicyclic) bond motifs is 2. The summed E-state index contributed by atoms with van der Waals surface area (Å²) in [6.07, 6.45) is -0.270. The van der Waals surface area contributed by atoms with Gasteiger partial charge < -0.3 is 14.8 Å². The largest absolute Gasteiger partial charge is 0.486 e. The number of nitrogens with one attached hydrogen (secondary N) is 1. The van der Waals surface area contributed by atoms with Gasteiger partial charge in [-0.25, -0.2) is 0 Å². The average molecular weight is 378 g/mol. The average Bonchev–Trinajstić information content (AvgIpc) is 3.14. The predicted octanol–water partition coefficient (Wildman–Crippen LogP) is 4.60. The lowest BCUT2D eigenvalue weighted by molar-refractivity contribution is 0.0975. The zero-order chi connectivity index (χ0) is 18.4. The van der Waals surface area contributed by atoms with Crippen LogP contribution in [0.4, 0.5) is 11.4 Å². The minimum atomic E-state index is -0.270. The second-order valence-corrected chi connectivity index (χ2v) is 7.86. The topological polar surface area (TPSA) is 50.8 Å². The fraction of sp³-hybridized carbons (Fsp3) is 0.190. The molecule has 27 heavy (non-hydrogen) atoms. The maximum absolute atomic E-state index is 13.4. The van der Waals surface area contributed by atoms with Gasteiger partial charge in [0.05, 0.1) is 11.3 Å². The Labute approximate surface area is 161 Å². The number of benzene rings is 2. The molecule has 0 saturated carbocycles. The maximum atomic E-state index is 13.4. The van der Waals surface area contributed by atoms with Gasteiger partial charge >= 0.3 is 0 Å². The number of para-hydroxylation sites is 1. The van der Waals surface area contributed by atoms with Crippen molar-refractivity contribution >= 4 is 28.6 Å². The lowest BCUT2D eigenvalue weighted by Gasteiger charge is -2.37. The number of thiophene rings is 1. The Balaban J connectivity index is 1.63. The van der Waals surface area contributed by atoms with Gasteiger partial charge in [-0.05, 0) is 43.3 Å². The molecule has 0 aliphatic carbocycles. The first kappa shape index (κ1) is 16.2. The van der Waals surface area contributed by atoms with E-state index in [1.165, 1.54) is 4.88 Å². The summed E-state index contributed by atoms with van der Waals surface area (Å²) in [6, 6.07) is 17.4. The van der Waals surface area contributed by atoms with E-state index in [1.807, 2.05) is 42.5 Å². The molecule has 0 radical (unpaired) electrons. The number of nitrogens with zero attached hydrogens (tertiary/aromatic N) is 1. The molecule has 5 nitrogen and oxygen atoms in total. The molecule has 3 aromatic rings. The molecule has 1 atom stereocenters. The van der Waals surface area contributed by atoms with Crippen LogP contribution >= 0.6 is 11.3 Å². The van der Waals surface area contributed by atoms with E-state index in [-0.39, 0.29) is 12.1 Å². The minimum absolute atomic E-state index is 0.0305. The molecule has 0 saturated heterocycles. The monoisotopic (exact) mass is 378 g/mol. The van der Waals surface area contributed by atoms with Crippen LogP contribution in [0.5, 0.6) is 11.5 Å². The highest BCUT2D eigenvalue weighted by Gasteiger charge is 2.35. The van der Waals surface area contributed by atoms with Crippen molar-refractivity contribution < 1.29 is 14.3 Å². The van der Waals surface area contributed by atoms with Crippen LogP contribution in [0.3, 0.4) is 0 Å². The van der Waals surface area contributed by atoms with Crippen molar-refractivity contribution in [3.05, 3.63) is 69.9 Å². The third-order valence-electron chi connectivity index (χ3n) is 4.76. The standard InChI is InChI=1S/C21H18N2O3S/c1-13-6-9-19(27-13)20-22-16-5-3-2-4-15(16)21(24)23(20)14-7-8-17-18(12-14)26-11-10-25-17/h2-9,12,20,22H,10-11H2,1H3. The van der Waals surface area contributed by atoms with Gasteiger partial charge in [0.2, 0.25) is 0 Å². The van der Waals surface area contributed by atoms with Gasteiger partial charge in [-0.3, -0.25) is 9.69 Å². The zero-order valence-corrected chi connectivity index (χ0v) is 15.6. The maximum Gasteiger partial charge on any atom is 0.262 e. The van der Waals surface area contributed by atoms with Crippen LogP contribution in [0.1, 0.15) is 26.3 Å². The quantitative estimate of drug-likeness (QED) is 0.708. The van der Waals surface area contributed by atoms with Crippen LogP contribution in [-0.4, -0.2) is 19.1 Å². The second kappa shape index (κ2) is 6.32. The van der Waals surface area contributed by atoms with Crippen LogP contribution in [0, 0.1) is 6.92 Å². The Hall–Kier alpha value is -2.99. The molecule has 2 aliphatic rings. The Morgan fingerprint density at radius 1 is 1.04 bits per heavy atom. The van der Waals surface area contributed by atoms with Crippen LogP contribution in [0.15, 0.2) is 54.6 Å². The molecule has 0 bridgehead atoms. The van der Waals surface area contributed by atoms with E-state index in [0.29, 0.717) is 30.3 Å². The van der Waals surface area contributed by atoms with Gasteiger partial charge in [-0.15, -0.1) is 11.3 Å². The Morgan fingerprint density at radius 2 is 1.85 bits per heavy atom. The molecule has 1 N–H and O–H groups in total. The third-order valence-corrected chi connectivity index (χ3v) is 5.81. The number of amides is 1. The summed E-state index contributed by atoms with van der Waals surface area (Å²) >= 11 is 1.69. The summed E-state index contributed by atoms with van der Waals surface area (Å²) in [6.45, 7) is 3.13. The van der Waals surface area contributed by atoms with Gasteiger partial charge in [0.25, 0.3) is 5.91 Å². The fourth-order valence-electron chi connectivity index (χ4n) is 3.50. The van der Waals surface area contributed by atoms with Crippen molar-refractivity contribution in [1.82, 2.24) is 0 Å². The van der Waals surface area contributed by atoms with Crippen molar-refractivity contribution in [1.29, 1.82) is 0 Å². The SMILES string of the molecule is Cc1ccc(C2Nc3ccccc3C(=O)N2c2ccc3c(c2)OCCO3)s1. The summed E-state index contributed by atoms with van der Waals surface area (Å²) in [5.74, 6) is 1.36. The Kier molecular flexibility index (Phi) is 3.79. The molecule has 5 rings (SSSR count). The normalized spacial score (nSPS) is 18.0. The summed E-state index contributed by atoms with van der Waals surface area (Å²) < 4.78 is 11.3. The van der Waals surface area contributed by atoms with Crippen molar-refractivity contribution in [3.63, 3.8) is 0 Å². The third kappa shape index (κ3) is 2.73. The van der Waals surface area contributed by atoms with Gasteiger partial charge in [0, 0.05) is 21.5 Å². The molecule has 1 aromatic heterocycles. The van der Waals surface area contributed by atoms with Crippen LogP contribution in [0.25, 0.3) is 0 Å². The predicted molar refractivity (Wildman–Crippen MR) is 106 cm³/mol. The van der Waals surface area contributed by atoms with Gasteiger partial charge in [-0.1, -0.05) is 12.1 Å². The first-order chi connectivity index (χ1) is 13.2. The first-order valence-corrected chi connectivity index (χ1v) is 9.67. The molecule has 6 heteroatoms. The number of hydrogen-bond acceptors (Lipinski definition) is 5. The molecule has 136 valence electrons. The summed E-state index contributed by atoms with van der Waals surface area (Å²) in [5.41, 5.74) is 2.30. The summed E-state index contributed by atoms with van der Waals surface area (Å²) in [4.78, 5) is 17.5. The number of carbonyl (C=O) groups excluding carboxylic acids is 1. The number of ether oxygens (including phenoxy) is 2. The first-order valence-electron chi connectivity index (χ1n) is 8.86. The molecule has 1 amide bonds. The van der Waals surface area contributed by atoms with Gasteiger partial charge in [0.1, 0.15) is 19.4 Å². The number of aryl methyl sites for hydroxylation is 1. The fourth-order valence-corrected chi connectivity index (χ4v) is 4.42. The minimum Gasteiger partial charge on any atom is -0.486 e. The van der Waals surface area contributed by atoms with E-state index in [1.54, 1.807) is 16.2 Å². The second-order valence-electron chi connectivity index (χ2n) is 6.54. The molecular weight excluding hydrogens is 360 g/mol. The highest BCUT2D eigenvalue weighted by Crippen LogP contribution is 2.41. The smallest absolute Gasteiger partial charge is 0.262 e. The van der Waals surface area contributed by atoms with Crippen molar-refractivity contribution in [2.75, 3.05) is 23.4 Å². The molecular formula is C21H18N2O3S. The summed E-state index contributed by atoms with van der Waals surface area (Å²) in [7, 11) is 0. The number of carbonyl (C=O) groups is 1. The zero-order valence-electron chi connectivity index (χ0n) is 14.8. The van der Waals surface area contributed by atoms with E-state index in [0.717, 1.165) is 16.3 Å². The van der Waals surface area contributed by atoms with Crippen LogP contribution in [-0.2, 0) is 0 Å². The van der Waals surface area contributed by atoms with E-state index < -0.39 is 0 Å². The van der Waals surface area contributed by atoms with Crippen LogP contribution in [0.2, 0.25) is 0 Å². The van der Waals surface area contributed by atoms with Crippen molar-refractivity contribution in [3.8, 4) is 11.5 Å². The van der Waals surface area contributed by atoms with E-state index in [2.05, 4.69) is 24.4 Å². The van der Waals surface area contributed by atoms with Crippen molar-refractivity contribution in [2.24, 2.45) is 0 Å². The highest BCUT2D eigenvalue weighted by atomic mass is 32.1. The molecule has 0 spiro atoms. The Morgan fingerprint density at radius 3 is 2.67 bits per heavy atom. The van der Waals surface area contributed by atoms with E-state index in [4.69, 9.17) is 9.47 Å². The molecule has 1 unspecified atom stereocenters. The van der Waals surface area contributed by atoms with Gasteiger partial charge in [0.15, 0.2) is 11.5 Å².